The Labute approximate surface area is 104 Å². The first-order valence-corrected chi connectivity index (χ1v) is 6.32. The van der Waals surface area contributed by atoms with Crippen LogP contribution < -0.4 is 10.5 Å². The second kappa shape index (κ2) is 5.52. The summed E-state index contributed by atoms with van der Waals surface area (Å²) in [4.78, 5) is 21.9. The first kappa shape index (κ1) is 14.0. The molecule has 1 amide bonds. The normalized spacial score (nSPS) is 12.5. The predicted molar refractivity (Wildman–Crippen MR) is 63.9 cm³/mol. The summed E-state index contributed by atoms with van der Waals surface area (Å²) in [5.74, 6) is -0.587. The molecule has 0 aromatic heterocycles. The fraction of sp³-hybridized carbons (Fsp3) is 0.100. The van der Waals surface area contributed by atoms with Gasteiger partial charge in [-0.25, -0.2) is 13.6 Å². The lowest BCUT2D eigenvalue weighted by atomic mass is 10.2. The van der Waals surface area contributed by atoms with E-state index in [0.717, 1.165) is 6.21 Å². The Bertz CT molecular complexity index is 557. The van der Waals surface area contributed by atoms with E-state index in [1.54, 1.807) is 0 Å². The van der Waals surface area contributed by atoms with E-state index in [1.165, 1.54) is 24.3 Å². The maximum Gasteiger partial charge on any atom is 0.252 e. The third-order valence-corrected chi connectivity index (χ3v) is 3.00. The Morgan fingerprint density at radius 3 is 2.28 bits per heavy atom. The average Bonchev–Trinajstić information content (AvgIpc) is 2.34. The van der Waals surface area contributed by atoms with Gasteiger partial charge in [-0.3, -0.25) is 4.79 Å². The van der Waals surface area contributed by atoms with Crippen molar-refractivity contribution in [2.24, 2.45) is 5.14 Å². The van der Waals surface area contributed by atoms with E-state index in [4.69, 9.17) is 10.5 Å². The molecule has 1 aromatic rings. The van der Waals surface area contributed by atoms with E-state index >= 15 is 0 Å². The third kappa shape index (κ3) is 3.47. The first-order valence-electron chi connectivity index (χ1n) is 4.78. The topological polar surface area (TPSA) is 130 Å². The lowest BCUT2D eigenvalue weighted by Gasteiger charge is -2.07. The van der Waals surface area contributed by atoms with Gasteiger partial charge in [0.15, 0.2) is 0 Å². The first-order chi connectivity index (χ1) is 8.38. The van der Waals surface area contributed by atoms with Crippen molar-refractivity contribution < 1.29 is 18.0 Å². The van der Waals surface area contributed by atoms with E-state index in [9.17, 15) is 18.0 Å². The van der Waals surface area contributed by atoms with Crippen molar-refractivity contribution in [3.05, 3.63) is 29.8 Å². The molecule has 8 heteroatoms. The molecular weight excluding hydrogens is 258 g/mol. The van der Waals surface area contributed by atoms with Crippen LogP contribution in [-0.4, -0.2) is 32.9 Å². The van der Waals surface area contributed by atoms with Gasteiger partial charge in [0, 0.05) is 11.8 Å². The minimum absolute atomic E-state index is 0.113. The van der Waals surface area contributed by atoms with E-state index in [-0.39, 0.29) is 10.5 Å². The molecule has 18 heavy (non-hydrogen) atoms. The molecule has 0 aliphatic rings. The molecule has 0 aliphatic carbocycles. The predicted octanol–water partition coefficient (Wildman–Crippen LogP) is -0.719. The molecule has 0 radical (unpaired) electrons. The number of hydrogen-bond acceptors (Lipinski definition) is 5. The average molecular weight is 269 g/mol. The summed E-state index contributed by atoms with van der Waals surface area (Å²) in [6, 6.07) is 3.90. The Morgan fingerprint density at radius 1 is 1.33 bits per heavy atom. The second-order valence-corrected chi connectivity index (χ2v) is 4.93. The van der Waals surface area contributed by atoms with Gasteiger partial charge in [0.1, 0.15) is 12.3 Å². The highest BCUT2D eigenvalue weighted by atomic mass is 32.2. The number of rotatable bonds is 5. The molecule has 1 unspecified atom stereocenters. The number of primary sulfonamides is 1. The largest absolute Gasteiger partial charge is 0.338 e. The highest BCUT2D eigenvalue weighted by Gasteiger charge is 2.12. The number of nitrogens with one attached hydrogen (secondary N) is 2. The highest BCUT2D eigenvalue weighted by Crippen LogP contribution is 2.08. The molecule has 0 spiro atoms. The number of carbonyl (C=O) groups is 2. The molecule has 0 aliphatic heterocycles. The van der Waals surface area contributed by atoms with Gasteiger partial charge >= 0.3 is 0 Å². The monoisotopic (exact) mass is 269 g/mol. The summed E-state index contributed by atoms with van der Waals surface area (Å²) in [7, 11) is -3.80. The lowest BCUT2D eigenvalue weighted by Crippen LogP contribution is -2.36. The van der Waals surface area contributed by atoms with Crippen LogP contribution in [0.15, 0.2) is 29.2 Å². The summed E-state index contributed by atoms with van der Waals surface area (Å²) in [6.45, 7) is 0. The SMILES string of the molecule is N=CC(C=O)NC(=O)c1ccc(S(N)(=O)=O)cc1. The molecule has 0 saturated heterocycles. The van der Waals surface area contributed by atoms with Gasteiger partial charge in [-0.1, -0.05) is 0 Å². The number of sulfonamides is 1. The summed E-state index contributed by atoms with van der Waals surface area (Å²) in [5, 5.41) is 14.0. The molecule has 0 heterocycles. The van der Waals surface area contributed by atoms with Gasteiger partial charge in [0.05, 0.1) is 4.90 Å². The zero-order valence-electron chi connectivity index (χ0n) is 9.16. The van der Waals surface area contributed by atoms with E-state index in [0.29, 0.717) is 6.29 Å². The van der Waals surface area contributed by atoms with E-state index in [1.807, 2.05) is 0 Å². The van der Waals surface area contributed by atoms with Crippen molar-refractivity contribution in [2.45, 2.75) is 10.9 Å². The zero-order chi connectivity index (χ0) is 13.8. The number of nitrogens with two attached hydrogens (primary N) is 1. The van der Waals surface area contributed by atoms with E-state index in [2.05, 4.69) is 5.32 Å². The van der Waals surface area contributed by atoms with Crippen molar-refractivity contribution in [2.75, 3.05) is 0 Å². The Balaban J connectivity index is 2.89. The van der Waals surface area contributed by atoms with Crippen molar-refractivity contribution in [1.82, 2.24) is 5.32 Å². The number of benzene rings is 1. The molecule has 4 N–H and O–H groups in total. The smallest absolute Gasteiger partial charge is 0.252 e. The second-order valence-electron chi connectivity index (χ2n) is 3.37. The van der Waals surface area contributed by atoms with E-state index < -0.39 is 22.0 Å². The third-order valence-electron chi connectivity index (χ3n) is 2.07. The van der Waals surface area contributed by atoms with Gasteiger partial charge in [-0.15, -0.1) is 0 Å². The molecule has 0 fully saturated rings. The van der Waals surface area contributed by atoms with Crippen molar-refractivity contribution in [3.8, 4) is 0 Å². The summed E-state index contributed by atoms with van der Waals surface area (Å²) < 4.78 is 22.0. The lowest BCUT2D eigenvalue weighted by molar-refractivity contribution is -0.108. The Hall–Kier alpha value is -2.06. The maximum atomic E-state index is 11.6. The van der Waals surface area contributed by atoms with Crippen LogP contribution >= 0.6 is 0 Å². The van der Waals surface area contributed by atoms with Crippen LogP contribution in [0, 0.1) is 5.41 Å². The highest BCUT2D eigenvalue weighted by molar-refractivity contribution is 7.89. The van der Waals surface area contributed by atoms with Gasteiger partial charge in [-0.2, -0.15) is 0 Å². The molecule has 96 valence electrons. The maximum absolute atomic E-state index is 11.6. The molecule has 7 nitrogen and oxygen atoms in total. The van der Waals surface area contributed by atoms with Crippen LogP contribution in [0.1, 0.15) is 10.4 Å². The number of carbonyl (C=O) groups excluding carboxylic acids is 2. The van der Waals surface area contributed by atoms with Crippen LogP contribution in [-0.2, 0) is 14.8 Å². The molecule has 1 rings (SSSR count). The summed E-state index contributed by atoms with van der Waals surface area (Å²) in [6.07, 6.45) is 1.19. The Kier molecular flexibility index (Phi) is 4.29. The van der Waals surface area contributed by atoms with Gasteiger partial charge in [-0.05, 0) is 24.3 Å². The Morgan fingerprint density at radius 2 is 1.89 bits per heavy atom. The van der Waals surface area contributed by atoms with Crippen molar-refractivity contribution >= 4 is 28.4 Å². The summed E-state index contributed by atoms with van der Waals surface area (Å²) >= 11 is 0. The number of aldehydes is 1. The van der Waals surface area contributed by atoms with Gasteiger partial charge < -0.3 is 15.5 Å². The fourth-order valence-electron chi connectivity index (χ4n) is 1.15. The standard InChI is InChI=1S/C10H11N3O4S/c11-5-8(6-14)13-10(15)7-1-3-9(4-2-7)18(12,16)17/h1-6,8,11H,(H,13,15)(H2,12,16,17). The van der Waals surface area contributed by atoms with Crippen LogP contribution in [0.5, 0.6) is 0 Å². The molecular formula is C10H11N3O4S. The minimum Gasteiger partial charge on any atom is -0.338 e. The number of hydrogen-bond donors (Lipinski definition) is 3. The molecule has 1 aromatic carbocycles. The van der Waals surface area contributed by atoms with Crippen LogP contribution in [0.2, 0.25) is 0 Å². The van der Waals surface area contributed by atoms with Gasteiger partial charge in [0.2, 0.25) is 10.0 Å². The minimum atomic E-state index is -3.80. The van der Waals surface area contributed by atoms with Crippen LogP contribution in [0.3, 0.4) is 0 Å². The van der Waals surface area contributed by atoms with Crippen molar-refractivity contribution in [3.63, 3.8) is 0 Å². The van der Waals surface area contributed by atoms with Crippen LogP contribution in [0.4, 0.5) is 0 Å². The van der Waals surface area contributed by atoms with Gasteiger partial charge in [0.25, 0.3) is 5.91 Å². The molecule has 0 bridgehead atoms. The zero-order valence-corrected chi connectivity index (χ0v) is 9.98. The quantitative estimate of drug-likeness (QED) is 0.481. The number of amides is 1. The molecule has 1 atom stereocenters. The summed E-state index contributed by atoms with van der Waals surface area (Å²) in [5.41, 5.74) is 0.163. The van der Waals surface area contributed by atoms with Crippen LogP contribution in [0.25, 0.3) is 0 Å². The van der Waals surface area contributed by atoms with Crippen molar-refractivity contribution in [1.29, 1.82) is 5.41 Å². The molecule has 0 saturated carbocycles. The fourth-order valence-corrected chi connectivity index (χ4v) is 1.66.